The maximum atomic E-state index is 3.63. The van der Waals surface area contributed by atoms with Crippen molar-refractivity contribution in [1.29, 1.82) is 0 Å². The van der Waals surface area contributed by atoms with Gasteiger partial charge in [-0.15, -0.1) is 0 Å². The van der Waals surface area contributed by atoms with Crippen molar-refractivity contribution in [2.45, 2.75) is 72.4 Å². The van der Waals surface area contributed by atoms with Crippen molar-refractivity contribution in [2.24, 2.45) is 0 Å². The molecule has 2 heteroatoms. The van der Waals surface area contributed by atoms with Gasteiger partial charge in [0.05, 0.1) is 0 Å². The zero-order chi connectivity index (χ0) is 12.4. The zero-order valence-corrected chi connectivity index (χ0v) is 12.1. The van der Waals surface area contributed by atoms with Crippen LogP contribution in [-0.2, 0) is 0 Å². The molecule has 0 rings (SSSR count). The van der Waals surface area contributed by atoms with Crippen molar-refractivity contribution < 1.29 is 0 Å². The standard InChI is InChI=1S/C14H32N2/c1-6-9-11-16(8-3)14(5)12-15-13(4)10-7-2/h13-15H,6-12H2,1-5H3. The van der Waals surface area contributed by atoms with Crippen LogP contribution in [0, 0.1) is 0 Å². The van der Waals surface area contributed by atoms with Gasteiger partial charge in [-0.3, -0.25) is 4.90 Å². The molecule has 0 fully saturated rings. The third kappa shape index (κ3) is 7.24. The van der Waals surface area contributed by atoms with Crippen LogP contribution in [0.1, 0.15) is 60.3 Å². The van der Waals surface area contributed by atoms with Crippen LogP contribution in [0.3, 0.4) is 0 Å². The quantitative estimate of drug-likeness (QED) is 0.617. The van der Waals surface area contributed by atoms with E-state index in [0.717, 1.165) is 6.54 Å². The number of nitrogens with zero attached hydrogens (tertiary/aromatic N) is 1. The Hall–Kier alpha value is -0.0800. The van der Waals surface area contributed by atoms with E-state index in [-0.39, 0.29) is 0 Å². The number of nitrogens with one attached hydrogen (secondary N) is 1. The average molecular weight is 228 g/mol. The molecule has 0 aliphatic carbocycles. The first-order valence-electron chi connectivity index (χ1n) is 7.13. The van der Waals surface area contributed by atoms with Gasteiger partial charge in [0.2, 0.25) is 0 Å². The lowest BCUT2D eigenvalue weighted by atomic mass is 10.1. The fraction of sp³-hybridized carbons (Fsp3) is 1.00. The first-order chi connectivity index (χ1) is 7.65. The topological polar surface area (TPSA) is 15.3 Å². The lowest BCUT2D eigenvalue weighted by Crippen LogP contribution is -2.43. The van der Waals surface area contributed by atoms with E-state index in [1.54, 1.807) is 0 Å². The molecular formula is C14H32N2. The molecule has 2 atom stereocenters. The van der Waals surface area contributed by atoms with Crippen LogP contribution in [0.4, 0.5) is 0 Å². The van der Waals surface area contributed by atoms with Crippen LogP contribution < -0.4 is 5.32 Å². The van der Waals surface area contributed by atoms with E-state index in [0.29, 0.717) is 12.1 Å². The lowest BCUT2D eigenvalue weighted by molar-refractivity contribution is 0.207. The summed E-state index contributed by atoms with van der Waals surface area (Å²) in [5.74, 6) is 0. The Morgan fingerprint density at radius 1 is 1.06 bits per heavy atom. The van der Waals surface area contributed by atoms with Gasteiger partial charge in [-0.05, 0) is 39.8 Å². The molecule has 0 aliphatic heterocycles. The Kier molecular flexibility index (Phi) is 10.0. The number of hydrogen-bond donors (Lipinski definition) is 1. The monoisotopic (exact) mass is 228 g/mol. The minimum absolute atomic E-state index is 0.663. The number of unbranched alkanes of at least 4 members (excludes halogenated alkanes) is 1. The predicted molar refractivity (Wildman–Crippen MR) is 74.0 cm³/mol. The van der Waals surface area contributed by atoms with Gasteiger partial charge < -0.3 is 5.32 Å². The molecule has 98 valence electrons. The summed E-state index contributed by atoms with van der Waals surface area (Å²) < 4.78 is 0. The molecule has 0 saturated carbocycles. The van der Waals surface area contributed by atoms with Crippen LogP contribution in [0.2, 0.25) is 0 Å². The Labute approximate surface area is 103 Å². The molecule has 0 aromatic carbocycles. The molecule has 0 spiro atoms. The van der Waals surface area contributed by atoms with Gasteiger partial charge >= 0.3 is 0 Å². The molecule has 0 aromatic heterocycles. The highest BCUT2D eigenvalue weighted by molar-refractivity contribution is 4.71. The van der Waals surface area contributed by atoms with Gasteiger partial charge in [0.1, 0.15) is 0 Å². The Bertz CT molecular complexity index is 148. The average Bonchev–Trinajstić information content (AvgIpc) is 2.28. The first-order valence-corrected chi connectivity index (χ1v) is 7.13. The van der Waals surface area contributed by atoms with Crippen LogP contribution in [0.5, 0.6) is 0 Å². The van der Waals surface area contributed by atoms with Gasteiger partial charge in [-0.2, -0.15) is 0 Å². The third-order valence-corrected chi connectivity index (χ3v) is 3.31. The molecule has 1 N–H and O–H groups in total. The number of rotatable bonds is 10. The van der Waals surface area contributed by atoms with Gasteiger partial charge in [-0.1, -0.05) is 33.6 Å². The van der Waals surface area contributed by atoms with Gasteiger partial charge in [-0.25, -0.2) is 0 Å². The van der Waals surface area contributed by atoms with Crippen molar-refractivity contribution in [1.82, 2.24) is 10.2 Å². The smallest absolute Gasteiger partial charge is 0.0192 e. The summed E-state index contributed by atoms with van der Waals surface area (Å²) in [5.41, 5.74) is 0. The minimum atomic E-state index is 0.663. The largest absolute Gasteiger partial charge is 0.313 e. The summed E-state index contributed by atoms with van der Waals surface area (Å²) in [7, 11) is 0. The summed E-state index contributed by atoms with van der Waals surface area (Å²) in [6.07, 6.45) is 5.18. The highest BCUT2D eigenvalue weighted by atomic mass is 15.2. The molecule has 2 nitrogen and oxygen atoms in total. The maximum Gasteiger partial charge on any atom is 0.0192 e. The fourth-order valence-corrected chi connectivity index (χ4v) is 2.09. The molecule has 0 radical (unpaired) electrons. The number of hydrogen-bond acceptors (Lipinski definition) is 2. The SMILES string of the molecule is CCCCN(CC)C(C)CNC(C)CCC. The van der Waals surface area contributed by atoms with Crippen molar-refractivity contribution in [3.05, 3.63) is 0 Å². The van der Waals surface area contributed by atoms with E-state index < -0.39 is 0 Å². The van der Waals surface area contributed by atoms with Gasteiger partial charge in [0.25, 0.3) is 0 Å². The second-order valence-electron chi connectivity index (χ2n) is 4.93. The van der Waals surface area contributed by atoms with Crippen molar-refractivity contribution in [3.8, 4) is 0 Å². The Balaban J connectivity index is 3.77. The van der Waals surface area contributed by atoms with E-state index in [2.05, 4.69) is 44.8 Å². The summed E-state index contributed by atoms with van der Waals surface area (Å²) in [4.78, 5) is 2.58. The van der Waals surface area contributed by atoms with E-state index in [1.807, 2.05) is 0 Å². The van der Waals surface area contributed by atoms with Crippen LogP contribution in [0.25, 0.3) is 0 Å². The molecule has 0 saturated heterocycles. The molecule has 0 heterocycles. The van der Waals surface area contributed by atoms with E-state index >= 15 is 0 Å². The summed E-state index contributed by atoms with van der Waals surface area (Å²) in [5, 5.41) is 3.63. The third-order valence-electron chi connectivity index (χ3n) is 3.31. The van der Waals surface area contributed by atoms with E-state index in [9.17, 15) is 0 Å². The fourth-order valence-electron chi connectivity index (χ4n) is 2.09. The normalized spacial score (nSPS) is 15.4. The van der Waals surface area contributed by atoms with Crippen molar-refractivity contribution in [2.75, 3.05) is 19.6 Å². The van der Waals surface area contributed by atoms with Gasteiger partial charge in [0.15, 0.2) is 0 Å². The highest BCUT2D eigenvalue weighted by Gasteiger charge is 2.11. The van der Waals surface area contributed by atoms with Gasteiger partial charge in [0, 0.05) is 18.6 Å². The Morgan fingerprint density at radius 2 is 1.75 bits per heavy atom. The van der Waals surface area contributed by atoms with Crippen molar-refractivity contribution >= 4 is 0 Å². The molecule has 2 unspecified atom stereocenters. The van der Waals surface area contributed by atoms with E-state index in [1.165, 1.54) is 38.8 Å². The van der Waals surface area contributed by atoms with Crippen molar-refractivity contribution in [3.63, 3.8) is 0 Å². The molecule has 16 heavy (non-hydrogen) atoms. The zero-order valence-electron chi connectivity index (χ0n) is 12.1. The second-order valence-corrected chi connectivity index (χ2v) is 4.93. The Morgan fingerprint density at radius 3 is 2.25 bits per heavy atom. The highest BCUT2D eigenvalue weighted by Crippen LogP contribution is 2.02. The molecule has 0 aromatic rings. The summed E-state index contributed by atoms with van der Waals surface area (Å²) in [6.45, 7) is 15.0. The summed E-state index contributed by atoms with van der Waals surface area (Å²) in [6, 6.07) is 1.33. The van der Waals surface area contributed by atoms with Crippen LogP contribution >= 0.6 is 0 Å². The van der Waals surface area contributed by atoms with Crippen LogP contribution in [0.15, 0.2) is 0 Å². The minimum Gasteiger partial charge on any atom is -0.313 e. The second kappa shape index (κ2) is 10.1. The maximum absolute atomic E-state index is 3.63. The van der Waals surface area contributed by atoms with Crippen LogP contribution in [-0.4, -0.2) is 36.6 Å². The molecule has 0 aliphatic rings. The summed E-state index contributed by atoms with van der Waals surface area (Å²) >= 11 is 0. The molecule has 0 amide bonds. The molecule has 0 bridgehead atoms. The lowest BCUT2D eigenvalue weighted by Gasteiger charge is -2.29. The predicted octanol–water partition coefficient (Wildman–Crippen LogP) is 3.28. The molecular weight excluding hydrogens is 196 g/mol. The number of likely N-dealkylation sites (N-methyl/N-ethyl adjacent to an activating group) is 1. The first kappa shape index (κ1) is 15.9. The van der Waals surface area contributed by atoms with E-state index in [4.69, 9.17) is 0 Å².